The molecule has 1 aliphatic rings. The largest absolute Gasteiger partial charge is 0.390 e. The zero-order valence-electron chi connectivity index (χ0n) is 10.4. The zero-order valence-corrected chi connectivity index (χ0v) is 10.4. The van der Waals surface area contributed by atoms with Crippen molar-refractivity contribution < 1.29 is 5.11 Å². The minimum atomic E-state index is -0.349. The van der Waals surface area contributed by atoms with Crippen molar-refractivity contribution >= 4 is 0 Å². The Morgan fingerprint density at radius 3 is 2.88 bits per heavy atom. The van der Waals surface area contributed by atoms with Crippen molar-refractivity contribution in [2.75, 3.05) is 13.1 Å². The van der Waals surface area contributed by atoms with Crippen LogP contribution in [0.1, 0.15) is 32.1 Å². The van der Waals surface area contributed by atoms with Crippen molar-refractivity contribution in [1.29, 1.82) is 0 Å². The summed E-state index contributed by atoms with van der Waals surface area (Å²) >= 11 is 0. The highest BCUT2D eigenvalue weighted by Crippen LogP contribution is 2.22. The van der Waals surface area contributed by atoms with Crippen molar-refractivity contribution in [1.82, 2.24) is 15.1 Å². The predicted molar refractivity (Wildman–Crippen MR) is 67.7 cm³/mol. The summed E-state index contributed by atoms with van der Waals surface area (Å²) < 4.78 is 1.77. The lowest BCUT2D eigenvalue weighted by Gasteiger charge is -2.22. The van der Waals surface area contributed by atoms with Crippen molar-refractivity contribution in [2.45, 2.75) is 44.8 Å². The van der Waals surface area contributed by atoms with Crippen LogP contribution in [0.2, 0.25) is 0 Å². The molecule has 0 radical (unpaired) electrons. The Balaban J connectivity index is 1.58. The van der Waals surface area contributed by atoms with Crippen LogP contribution >= 0.6 is 0 Å². The van der Waals surface area contributed by atoms with E-state index in [0.29, 0.717) is 13.1 Å². The van der Waals surface area contributed by atoms with E-state index in [2.05, 4.69) is 10.4 Å². The lowest BCUT2D eigenvalue weighted by Crippen LogP contribution is -2.34. The van der Waals surface area contributed by atoms with Gasteiger partial charge >= 0.3 is 0 Å². The molecule has 4 nitrogen and oxygen atoms in total. The number of nitrogens with one attached hydrogen (secondary N) is 1. The van der Waals surface area contributed by atoms with Gasteiger partial charge in [0.1, 0.15) is 0 Å². The summed E-state index contributed by atoms with van der Waals surface area (Å²) in [5.41, 5.74) is 0. The number of aliphatic hydroxyl groups excluding tert-OH is 1. The molecule has 1 saturated carbocycles. The van der Waals surface area contributed by atoms with E-state index in [9.17, 15) is 5.11 Å². The van der Waals surface area contributed by atoms with Crippen molar-refractivity contribution in [3.8, 4) is 0 Å². The SMILES string of the molecule is OC(CNCC1CCCCC1)Cn1cccn1. The molecule has 96 valence electrons. The fourth-order valence-electron chi connectivity index (χ4n) is 2.53. The molecule has 0 aliphatic heterocycles. The number of nitrogens with zero attached hydrogens (tertiary/aromatic N) is 2. The summed E-state index contributed by atoms with van der Waals surface area (Å²) in [4.78, 5) is 0. The second-order valence-electron chi connectivity index (χ2n) is 5.04. The number of aliphatic hydroxyl groups is 1. The lowest BCUT2D eigenvalue weighted by molar-refractivity contribution is 0.144. The highest BCUT2D eigenvalue weighted by Gasteiger charge is 2.13. The van der Waals surface area contributed by atoms with Crippen molar-refractivity contribution in [3.05, 3.63) is 18.5 Å². The molecule has 0 aromatic carbocycles. The van der Waals surface area contributed by atoms with Crippen LogP contribution in [0.3, 0.4) is 0 Å². The second-order valence-corrected chi connectivity index (χ2v) is 5.04. The minimum Gasteiger partial charge on any atom is -0.390 e. The van der Waals surface area contributed by atoms with Crippen LogP contribution < -0.4 is 5.32 Å². The average molecular weight is 237 g/mol. The monoisotopic (exact) mass is 237 g/mol. The first-order valence-electron chi connectivity index (χ1n) is 6.71. The molecule has 1 aromatic rings. The Kier molecular flexibility index (Phi) is 5.01. The van der Waals surface area contributed by atoms with Crippen LogP contribution in [-0.4, -0.2) is 34.1 Å². The molecule has 1 fully saturated rings. The van der Waals surface area contributed by atoms with Gasteiger partial charge in [0.25, 0.3) is 0 Å². The quantitative estimate of drug-likeness (QED) is 0.786. The van der Waals surface area contributed by atoms with Gasteiger partial charge in [-0.25, -0.2) is 0 Å². The van der Waals surface area contributed by atoms with Crippen LogP contribution in [0.25, 0.3) is 0 Å². The molecule has 1 unspecified atom stereocenters. The maximum atomic E-state index is 9.83. The standard InChI is InChI=1S/C13H23N3O/c17-13(11-16-8-4-7-15-16)10-14-9-12-5-2-1-3-6-12/h4,7-8,12-14,17H,1-3,5-6,9-11H2. The second kappa shape index (κ2) is 6.77. The van der Waals surface area contributed by atoms with Gasteiger partial charge in [0.2, 0.25) is 0 Å². The molecule has 2 N–H and O–H groups in total. The number of aromatic nitrogens is 2. The van der Waals surface area contributed by atoms with Gasteiger partial charge < -0.3 is 10.4 Å². The highest BCUT2D eigenvalue weighted by atomic mass is 16.3. The van der Waals surface area contributed by atoms with E-state index >= 15 is 0 Å². The fourth-order valence-corrected chi connectivity index (χ4v) is 2.53. The van der Waals surface area contributed by atoms with Gasteiger partial charge in [-0.2, -0.15) is 5.10 Å². The molecule has 1 aliphatic carbocycles. The maximum absolute atomic E-state index is 9.83. The number of rotatable bonds is 6. The first-order chi connectivity index (χ1) is 8.34. The van der Waals surface area contributed by atoms with E-state index in [1.807, 2.05) is 12.3 Å². The normalized spacial score (nSPS) is 19.4. The molecule has 0 bridgehead atoms. The third-order valence-corrected chi connectivity index (χ3v) is 3.49. The summed E-state index contributed by atoms with van der Waals surface area (Å²) in [6.07, 6.45) is 10.1. The van der Waals surface area contributed by atoms with E-state index in [4.69, 9.17) is 0 Å². The van der Waals surface area contributed by atoms with Crippen LogP contribution in [0.4, 0.5) is 0 Å². The molecule has 17 heavy (non-hydrogen) atoms. The van der Waals surface area contributed by atoms with Crippen LogP contribution in [0.5, 0.6) is 0 Å². The summed E-state index contributed by atoms with van der Waals surface area (Å²) in [6, 6.07) is 1.88. The van der Waals surface area contributed by atoms with Gasteiger partial charge in [0.05, 0.1) is 12.6 Å². The predicted octanol–water partition coefficient (Wildman–Crippen LogP) is 1.41. The van der Waals surface area contributed by atoms with Gasteiger partial charge in [-0.15, -0.1) is 0 Å². The number of hydrogen-bond donors (Lipinski definition) is 2. The molecule has 0 saturated heterocycles. The topological polar surface area (TPSA) is 50.1 Å². The smallest absolute Gasteiger partial charge is 0.0860 e. The molecule has 2 rings (SSSR count). The Morgan fingerprint density at radius 2 is 2.18 bits per heavy atom. The molecular weight excluding hydrogens is 214 g/mol. The van der Waals surface area contributed by atoms with E-state index in [1.165, 1.54) is 32.1 Å². The van der Waals surface area contributed by atoms with Gasteiger partial charge in [0, 0.05) is 18.9 Å². The van der Waals surface area contributed by atoms with Crippen LogP contribution in [0, 0.1) is 5.92 Å². The zero-order chi connectivity index (χ0) is 11.9. The third-order valence-electron chi connectivity index (χ3n) is 3.49. The molecule has 1 atom stereocenters. The lowest BCUT2D eigenvalue weighted by atomic mass is 9.89. The molecule has 1 aromatic heterocycles. The van der Waals surface area contributed by atoms with Gasteiger partial charge in [0.15, 0.2) is 0 Å². The van der Waals surface area contributed by atoms with E-state index in [0.717, 1.165) is 12.5 Å². The third kappa shape index (κ3) is 4.48. The molecule has 0 amide bonds. The van der Waals surface area contributed by atoms with Crippen LogP contribution in [0.15, 0.2) is 18.5 Å². The maximum Gasteiger partial charge on any atom is 0.0860 e. The first-order valence-corrected chi connectivity index (χ1v) is 6.71. The van der Waals surface area contributed by atoms with Crippen LogP contribution in [-0.2, 0) is 6.54 Å². The summed E-state index contributed by atoms with van der Waals surface area (Å²) in [5.74, 6) is 0.820. The van der Waals surface area contributed by atoms with Crippen molar-refractivity contribution in [3.63, 3.8) is 0 Å². The minimum absolute atomic E-state index is 0.349. The first kappa shape index (κ1) is 12.6. The van der Waals surface area contributed by atoms with E-state index in [1.54, 1.807) is 10.9 Å². The van der Waals surface area contributed by atoms with Crippen molar-refractivity contribution in [2.24, 2.45) is 5.92 Å². The molecule has 0 spiro atoms. The van der Waals surface area contributed by atoms with E-state index in [-0.39, 0.29) is 6.10 Å². The fraction of sp³-hybridized carbons (Fsp3) is 0.769. The Bertz CT molecular complexity index is 294. The summed E-state index contributed by atoms with van der Waals surface area (Å²) in [5, 5.41) is 17.3. The van der Waals surface area contributed by atoms with E-state index < -0.39 is 0 Å². The molecule has 1 heterocycles. The Morgan fingerprint density at radius 1 is 1.35 bits per heavy atom. The summed E-state index contributed by atoms with van der Waals surface area (Å²) in [6.45, 7) is 2.29. The average Bonchev–Trinajstić information content (AvgIpc) is 2.83. The highest BCUT2D eigenvalue weighted by molar-refractivity contribution is 4.79. The Labute approximate surface area is 103 Å². The summed E-state index contributed by atoms with van der Waals surface area (Å²) in [7, 11) is 0. The van der Waals surface area contributed by atoms with Gasteiger partial charge in [-0.05, 0) is 31.4 Å². The molecule has 4 heteroatoms. The number of hydrogen-bond acceptors (Lipinski definition) is 3. The Hall–Kier alpha value is -0.870. The van der Waals surface area contributed by atoms with Gasteiger partial charge in [-0.3, -0.25) is 4.68 Å². The molecular formula is C13H23N3O. The van der Waals surface area contributed by atoms with Gasteiger partial charge in [-0.1, -0.05) is 19.3 Å².